The molecule has 3 heterocycles. The van der Waals surface area contributed by atoms with Crippen molar-refractivity contribution in [2.75, 3.05) is 25.0 Å². The number of likely N-dealkylation sites (tertiary alicyclic amines) is 1. The Labute approximate surface area is 129 Å². The molecule has 2 unspecified atom stereocenters. The van der Waals surface area contributed by atoms with Crippen LogP contribution in [-0.2, 0) is 4.74 Å². The van der Waals surface area contributed by atoms with E-state index < -0.39 is 0 Å². The number of carbonyl (C=O) groups is 1. The second kappa shape index (κ2) is 5.39. The smallest absolute Gasteiger partial charge is 0.317 e. The molecule has 1 aromatic rings. The minimum Gasteiger partial charge on any atom is -0.371 e. The topological polar surface area (TPSA) is 79.4 Å². The summed E-state index contributed by atoms with van der Waals surface area (Å²) in [5.74, 6) is 0.773. The summed E-state index contributed by atoms with van der Waals surface area (Å²) in [6, 6.07) is 0.691. The second-order valence-electron chi connectivity index (χ2n) is 6.53. The fourth-order valence-corrected chi connectivity index (χ4v) is 3.32. The van der Waals surface area contributed by atoms with Crippen LogP contribution in [0, 0.1) is 0 Å². The average molecular weight is 303 g/mol. The monoisotopic (exact) mass is 303 g/mol. The number of nitrogens with zero attached hydrogens (tertiary/aromatic N) is 3. The van der Waals surface area contributed by atoms with Crippen molar-refractivity contribution in [1.29, 1.82) is 0 Å². The van der Waals surface area contributed by atoms with Crippen LogP contribution in [0.5, 0.6) is 0 Å². The third kappa shape index (κ3) is 2.85. The van der Waals surface area contributed by atoms with Crippen LogP contribution in [0.1, 0.15) is 25.7 Å². The molecule has 3 fully saturated rings. The Morgan fingerprint density at radius 1 is 1.36 bits per heavy atom. The van der Waals surface area contributed by atoms with E-state index >= 15 is 0 Å². The minimum atomic E-state index is -0.194. The standard InChI is InChI=1S/C15H21N5O2/c21-14(19-11-1-2-11)20-6-3-15(10-20)7-12(9-22-15)18-13-8-16-4-5-17-13/h4-5,8,11-12H,1-3,6-7,9-10H2,(H,17,18)(H,19,21). The van der Waals surface area contributed by atoms with Crippen molar-refractivity contribution < 1.29 is 9.53 Å². The normalized spacial score (nSPS) is 30.7. The highest BCUT2D eigenvalue weighted by Gasteiger charge is 2.47. The third-order valence-electron chi connectivity index (χ3n) is 4.63. The van der Waals surface area contributed by atoms with Gasteiger partial charge in [-0.3, -0.25) is 4.98 Å². The first-order valence-corrected chi connectivity index (χ1v) is 7.94. The van der Waals surface area contributed by atoms with Crippen molar-refractivity contribution >= 4 is 11.8 Å². The van der Waals surface area contributed by atoms with E-state index in [2.05, 4.69) is 20.6 Å². The number of hydrogen-bond acceptors (Lipinski definition) is 5. The zero-order valence-corrected chi connectivity index (χ0v) is 12.5. The van der Waals surface area contributed by atoms with Crippen LogP contribution in [0.2, 0.25) is 0 Å². The lowest BCUT2D eigenvalue weighted by atomic mass is 9.97. The predicted molar refractivity (Wildman–Crippen MR) is 80.5 cm³/mol. The Bertz CT molecular complexity index is 550. The number of urea groups is 1. The summed E-state index contributed by atoms with van der Waals surface area (Å²) in [6.45, 7) is 2.11. The number of hydrogen-bond donors (Lipinski definition) is 2. The zero-order valence-electron chi connectivity index (χ0n) is 12.5. The molecule has 0 aromatic carbocycles. The van der Waals surface area contributed by atoms with E-state index in [0.717, 1.165) is 38.0 Å². The lowest BCUT2D eigenvalue weighted by Gasteiger charge is -2.23. The Morgan fingerprint density at radius 3 is 3.05 bits per heavy atom. The van der Waals surface area contributed by atoms with Crippen molar-refractivity contribution in [3.8, 4) is 0 Å². The maximum atomic E-state index is 12.1. The Morgan fingerprint density at radius 2 is 2.27 bits per heavy atom. The first-order chi connectivity index (χ1) is 10.7. The highest BCUT2D eigenvalue weighted by atomic mass is 16.5. The quantitative estimate of drug-likeness (QED) is 0.870. The van der Waals surface area contributed by atoms with Gasteiger partial charge in [0.25, 0.3) is 0 Å². The van der Waals surface area contributed by atoms with Gasteiger partial charge in [0.15, 0.2) is 0 Å². The van der Waals surface area contributed by atoms with Gasteiger partial charge >= 0.3 is 6.03 Å². The van der Waals surface area contributed by atoms with Crippen LogP contribution < -0.4 is 10.6 Å². The number of ether oxygens (including phenoxy) is 1. The summed E-state index contributed by atoms with van der Waals surface area (Å²) in [6.07, 6.45) is 9.09. The molecule has 1 spiro atoms. The van der Waals surface area contributed by atoms with Crippen molar-refractivity contribution in [2.24, 2.45) is 0 Å². The number of anilines is 1. The van der Waals surface area contributed by atoms with Gasteiger partial charge in [-0.2, -0.15) is 0 Å². The van der Waals surface area contributed by atoms with Crippen molar-refractivity contribution in [3.63, 3.8) is 0 Å². The van der Waals surface area contributed by atoms with E-state index in [9.17, 15) is 4.79 Å². The van der Waals surface area contributed by atoms with E-state index in [0.29, 0.717) is 19.2 Å². The summed E-state index contributed by atoms with van der Waals surface area (Å²) in [4.78, 5) is 22.3. The van der Waals surface area contributed by atoms with E-state index in [4.69, 9.17) is 4.74 Å². The summed E-state index contributed by atoms with van der Waals surface area (Å²) < 4.78 is 6.05. The van der Waals surface area contributed by atoms with E-state index in [-0.39, 0.29) is 17.7 Å². The van der Waals surface area contributed by atoms with Crippen molar-refractivity contribution in [3.05, 3.63) is 18.6 Å². The summed E-state index contributed by atoms with van der Waals surface area (Å²) in [7, 11) is 0. The van der Waals surface area contributed by atoms with Crippen LogP contribution in [0.4, 0.5) is 10.6 Å². The van der Waals surface area contributed by atoms with Crippen LogP contribution >= 0.6 is 0 Å². The van der Waals surface area contributed by atoms with Crippen LogP contribution in [0.25, 0.3) is 0 Å². The molecule has 0 radical (unpaired) electrons. The number of nitrogens with one attached hydrogen (secondary N) is 2. The second-order valence-corrected chi connectivity index (χ2v) is 6.53. The van der Waals surface area contributed by atoms with Gasteiger partial charge in [0.2, 0.25) is 0 Å². The first-order valence-electron chi connectivity index (χ1n) is 7.94. The first kappa shape index (κ1) is 13.8. The molecular weight excluding hydrogens is 282 g/mol. The van der Waals surface area contributed by atoms with Gasteiger partial charge in [0.1, 0.15) is 5.82 Å². The fraction of sp³-hybridized carbons (Fsp3) is 0.667. The Hall–Kier alpha value is -1.89. The van der Waals surface area contributed by atoms with Gasteiger partial charge in [-0.15, -0.1) is 0 Å². The molecule has 7 heteroatoms. The third-order valence-corrected chi connectivity index (χ3v) is 4.63. The molecule has 0 bridgehead atoms. The van der Waals surface area contributed by atoms with Crippen LogP contribution in [0.3, 0.4) is 0 Å². The lowest BCUT2D eigenvalue weighted by molar-refractivity contribution is 0.0150. The zero-order chi connectivity index (χ0) is 15.0. The predicted octanol–water partition coefficient (Wildman–Crippen LogP) is 0.994. The van der Waals surface area contributed by atoms with Gasteiger partial charge in [0.05, 0.1) is 31.0 Å². The van der Waals surface area contributed by atoms with E-state index in [1.807, 2.05) is 4.90 Å². The number of rotatable bonds is 3. The largest absolute Gasteiger partial charge is 0.371 e. The summed E-state index contributed by atoms with van der Waals surface area (Å²) in [5.41, 5.74) is -0.194. The van der Waals surface area contributed by atoms with Gasteiger partial charge in [-0.25, -0.2) is 9.78 Å². The maximum absolute atomic E-state index is 12.1. The highest BCUT2D eigenvalue weighted by Crippen LogP contribution is 2.36. The molecular formula is C15H21N5O2. The number of amides is 2. The van der Waals surface area contributed by atoms with Gasteiger partial charge in [-0.05, 0) is 19.3 Å². The fourth-order valence-electron chi connectivity index (χ4n) is 3.32. The van der Waals surface area contributed by atoms with E-state index in [1.54, 1.807) is 18.6 Å². The molecule has 22 heavy (non-hydrogen) atoms. The Balaban J connectivity index is 1.33. The van der Waals surface area contributed by atoms with Gasteiger partial charge in [-0.1, -0.05) is 0 Å². The van der Waals surface area contributed by atoms with Gasteiger partial charge in [0, 0.05) is 31.4 Å². The Kier molecular flexibility index (Phi) is 3.37. The number of carbonyl (C=O) groups excluding carboxylic acids is 1. The molecule has 1 saturated carbocycles. The molecule has 3 aliphatic rings. The molecule has 1 aliphatic carbocycles. The van der Waals surface area contributed by atoms with Gasteiger partial charge < -0.3 is 20.3 Å². The minimum absolute atomic E-state index is 0.0633. The van der Waals surface area contributed by atoms with Crippen molar-refractivity contribution in [1.82, 2.24) is 20.2 Å². The molecule has 2 saturated heterocycles. The molecule has 4 rings (SSSR count). The summed E-state index contributed by atoms with van der Waals surface area (Å²) in [5, 5.41) is 6.41. The van der Waals surface area contributed by atoms with Crippen molar-refractivity contribution in [2.45, 2.75) is 43.4 Å². The lowest BCUT2D eigenvalue weighted by Crippen LogP contribution is -2.42. The van der Waals surface area contributed by atoms with Crippen LogP contribution in [-0.4, -0.2) is 58.3 Å². The SMILES string of the molecule is O=C(NC1CC1)N1CCC2(CC(Nc3cnccn3)CO2)C1. The maximum Gasteiger partial charge on any atom is 0.317 e. The average Bonchev–Trinajstić information content (AvgIpc) is 3.11. The number of aromatic nitrogens is 2. The molecule has 118 valence electrons. The van der Waals surface area contributed by atoms with E-state index in [1.165, 1.54) is 0 Å². The highest BCUT2D eigenvalue weighted by molar-refractivity contribution is 5.75. The molecule has 7 nitrogen and oxygen atoms in total. The molecule has 2 atom stereocenters. The molecule has 2 aliphatic heterocycles. The van der Waals surface area contributed by atoms with Crippen LogP contribution in [0.15, 0.2) is 18.6 Å². The molecule has 1 aromatic heterocycles. The molecule has 2 N–H and O–H groups in total. The molecule has 2 amide bonds. The summed E-state index contributed by atoms with van der Waals surface area (Å²) >= 11 is 0.